The van der Waals surface area contributed by atoms with E-state index in [9.17, 15) is 4.79 Å². The van der Waals surface area contributed by atoms with Crippen LogP contribution in [-0.4, -0.2) is 34.0 Å². The van der Waals surface area contributed by atoms with Gasteiger partial charge in [0.05, 0.1) is 5.92 Å². The first kappa shape index (κ1) is 12.6. The minimum Gasteiger partial charge on any atom is -0.341 e. The number of carbonyl (C=O) groups is 1. The summed E-state index contributed by atoms with van der Waals surface area (Å²) in [7, 11) is 0. The van der Waals surface area contributed by atoms with Crippen LogP contribution in [0.15, 0.2) is 4.52 Å². The van der Waals surface area contributed by atoms with Gasteiger partial charge in [-0.1, -0.05) is 25.9 Å². The minimum absolute atomic E-state index is 0.0474. The zero-order valence-corrected chi connectivity index (χ0v) is 11.8. The largest absolute Gasteiger partial charge is 0.341 e. The molecule has 1 aromatic heterocycles. The molecule has 0 aromatic carbocycles. The molecule has 2 fully saturated rings. The molecule has 1 aliphatic carbocycles. The molecule has 5 heteroatoms. The Labute approximate surface area is 113 Å². The number of carbonyl (C=O) groups excluding carboxylic acids is 1. The summed E-state index contributed by atoms with van der Waals surface area (Å²) in [6.07, 6.45) is 2.95. The highest BCUT2D eigenvalue weighted by molar-refractivity contribution is 5.77. The van der Waals surface area contributed by atoms with Gasteiger partial charge in [0.25, 0.3) is 0 Å². The lowest BCUT2D eigenvalue weighted by Gasteiger charge is -2.38. The number of likely N-dealkylation sites (tertiary alicyclic amines) is 1. The fraction of sp³-hybridized carbons (Fsp3) is 0.786. The lowest BCUT2D eigenvalue weighted by Crippen LogP contribution is -2.49. The van der Waals surface area contributed by atoms with Crippen molar-refractivity contribution in [1.29, 1.82) is 0 Å². The van der Waals surface area contributed by atoms with Crippen molar-refractivity contribution < 1.29 is 9.32 Å². The van der Waals surface area contributed by atoms with E-state index >= 15 is 0 Å². The summed E-state index contributed by atoms with van der Waals surface area (Å²) < 4.78 is 5.30. The molecule has 1 saturated carbocycles. The third kappa shape index (κ3) is 2.80. The molecule has 2 heterocycles. The van der Waals surface area contributed by atoms with E-state index in [1.54, 1.807) is 0 Å². The number of hydrogen-bond donors (Lipinski definition) is 0. The first-order chi connectivity index (χ1) is 8.92. The third-order valence-corrected chi connectivity index (χ3v) is 3.66. The highest BCUT2D eigenvalue weighted by atomic mass is 16.5. The van der Waals surface area contributed by atoms with Crippen LogP contribution >= 0.6 is 0 Å². The van der Waals surface area contributed by atoms with Crippen LogP contribution in [0.2, 0.25) is 0 Å². The number of amides is 1. The molecule has 1 aliphatic heterocycles. The van der Waals surface area contributed by atoms with E-state index in [0.717, 1.165) is 18.9 Å². The minimum atomic E-state index is 0.0474. The predicted octanol–water partition coefficient (Wildman–Crippen LogP) is 2.31. The Morgan fingerprint density at radius 3 is 2.58 bits per heavy atom. The second kappa shape index (κ2) is 4.32. The number of aromatic nitrogens is 2. The SMILES string of the molecule is CC(C)(C)CC(=O)N1CC(c2nc(C3CC3)no2)C1. The average molecular weight is 263 g/mol. The van der Waals surface area contributed by atoms with Gasteiger partial charge in [-0.05, 0) is 18.3 Å². The van der Waals surface area contributed by atoms with Crippen LogP contribution < -0.4 is 0 Å². The van der Waals surface area contributed by atoms with Crippen LogP contribution in [0.5, 0.6) is 0 Å². The van der Waals surface area contributed by atoms with Gasteiger partial charge >= 0.3 is 0 Å². The first-order valence-corrected chi connectivity index (χ1v) is 7.04. The Kier molecular flexibility index (Phi) is 2.87. The Bertz CT molecular complexity index is 479. The van der Waals surface area contributed by atoms with Gasteiger partial charge in [-0.15, -0.1) is 0 Å². The molecule has 0 atom stereocenters. The van der Waals surface area contributed by atoms with Crippen molar-refractivity contribution in [2.24, 2.45) is 5.41 Å². The summed E-state index contributed by atoms with van der Waals surface area (Å²) in [5.74, 6) is 2.56. The fourth-order valence-electron chi connectivity index (χ4n) is 2.32. The van der Waals surface area contributed by atoms with Gasteiger partial charge in [0.2, 0.25) is 11.8 Å². The smallest absolute Gasteiger partial charge is 0.233 e. The van der Waals surface area contributed by atoms with Gasteiger partial charge in [0.1, 0.15) is 0 Å². The summed E-state index contributed by atoms with van der Waals surface area (Å²) in [5, 5.41) is 4.02. The summed E-state index contributed by atoms with van der Waals surface area (Å²) in [6, 6.07) is 0. The Balaban J connectivity index is 1.52. The fourth-order valence-corrected chi connectivity index (χ4v) is 2.32. The molecule has 0 radical (unpaired) electrons. The van der Waals surface area contributed by atoms with Crippen LogP contribution in [0.25, 0.3) is 0 Å². The first-order valence-electron chi connectivity index (χ1n) is 7.04. The maximum atomic E-state index is 12.0. The number of nitrogens with zero attached hydrogens (tertiary/aromatic N) is 3. The molecular weight excluding hydrogens is 242 g/mol. The average Bonchev–Trinajstić information content (AvgIpc) is 2.94. The quantitative estimate of drug-likeness (QED) is 0.839. The van der Waals surface area contributed by atoms with E-state index in [1.807, 2.05) is 4.90 Å². The van der Waals surface area contributed by atoms with E-state index < -0.39 is 0 Å². The summed E-state index contributed by atoms with van der Waals surface area (Å²) in [6.45, 7) is 7.70. The van der Waals surface area contributed by atoms with Gasteiger partial charge in [-0.25, -0.2) is 0 Å². The molecule has 0 spiro atoms. The van der Waals surface area contributed by atoms with E-state index in [2.05, 4.69) is 30.9 Å². The van der Waals surface area contributed by atoms with E-state index in [-0.39, 0.29) is 17.2 Å². The van der Waals surface area contributed by atoms with Gasteiger partial charge in [-0.3, -0.25) is 4.79 Å². The molecule has 19 heavy (non-hydrogen) atoms. The van der Waals surface area contributed by atoms with Crippen LogP contribution in [0.3, 0.4) is 0 Å². The van der Waals surface area contributed by atoms with Crippen molar-refractivity contribution in [1.82, 2.24) is 15.0 Å². The summed E-state index contributed by atoms with van der Waals surface area (Å²) in [5.41, 5.74) is 0.0474. The molecule has 3 rings (SSSR count). The highest BCUT2D eigenvalue weighted by Crippen LogP contribution is 2.39. The van der Waals surface area contributed by atoms with Crippen molar-refractivity contribution in [3.63, 3.8) is 0 Å². The van der Waals surface area contributed by atoms with E-state index in [0.29, 0.717) is 18.2 Å². The van der Waals surface area contributed by atoms with Crippen LogP contribution in [0, 0.1) is 5.41 Å². The van der Waals surface area contributed by atoms with Crippen molar-refractivity contribution in [2.75, 3.05) is 13.1 Å². The highest BCUT2D eigenvalue weighted by Gasteiger charge is 2.37. The maximum absolute atomic E-state index is 12.0. The molecule has 104 valence electrons. The maximum Gasteiger partial charge on any atom is 0.233 e. The molecule has 0 N–H and O–H groups in total. The van der Waals surface area contributed by atoms with Crippen LogP contribution in [0.4, 0.5) is 0 Å². The normalized spacial score (nSPS) is 20.5. The summed E-state index contributed by atoms with van der Waals surface area (Å²) >= 11 is 0. The predicted molar refractivity (Wildman–Crippen MR) is 69.7 cm³/mol. The van der Waals surface area contributed by atoms with Crippen LogP contribution in [0.1, 0.15) is 63.6 Å². The second-order valence-corrected chi connectivity index (χ2v) is 7.00. The Morgan fingerprint density at radius 2 is 2.00 bits per heavy atom. The zero-order valence-electron chi connectivity index (χ0n) is 11.8. The molecule has 1 amide bonds. The lowest BCUT2D eigenvalue weighted by atomic mass is 9.90. The van der Waals surface area contributed by atoms with Gasteiger partial charge in [-0.2, -0.15) is 4.98 Å². The monoisotopic (exact) mass is 263 g/mol. The topological polar surface area (TPSA) is 59.2 Å². The van der Waals surface area contributed by atoms with Crippen molar-refractivity contribution in [3.05, 3.63) is 11.7 Å². The van der Waals surface area contributed by atoms with Crippen molar-refractivity contribution in [2.45, 2.75) is 51.9 Å². The molecule has 0 bridgehead atoms. The molecular formula is C14H21N3O2. The Hall–Kier alpha value is -1.39. The van der Waals surface area contributed by atoms with Crippen molar-refractivity contribution >= 4 is 5.91 Å². The molecule has 2 aliphatic rings. The number of hydrogen-bond acceptors (Lipinski definition) is 4. The molecule has 0 unspecified atom stereocenters. The zero-order chi connectivity index (χ0) is 13.6. The third-order valence-electron chi connectivity index (χ3n) is 3.66. The van der Waals surface area contributed by atoms with E-state index in [4.69, 9.17) is 4.52 Å². The molecule has 1 aromatic rings. The summed E-state index contributed by atoms with van der Waals surface area (Å²) in [4.78, 5) is 18.3. The number of rotatable bonds is 3. The molecule has 1 saturated heterocycles. The second-order valence-electron chi connectivity index (χ2n) is 7.00. The Morgan fingerprint density at radius 1 is 1.32 bits per heavy atom. The van der Waals surface area contributed by atoms with Crippen molar-refractivity contribution in [3.8, 4) is 0 Å². The van der Waals surface area contributed by atoms with E-state index in [1.165, 1.54) is 12.8 Å². The van der Waals surface area contributed by atoms with Gasteiger partial charge in [0.15, 0.2) is 5.82 Å². The standard InChI is InChI=1S/C14H21N3O2/c1-14(2,3)6-11(18)17-7-10(8-17)13-15-12(16-19-13)9-4-5-9/h9-10H,4-8H2,1-3H3. The lowest BCUT2D eigenvalue weighted by molar-refractivity contribution is -0.137. The van der Waals surface area contributed by atoms with Crippen LogP contribution in [-0.2, 0) is 4.79 Å². The van der Waals surface area contributed by atoms with Gasteiger partial charge < -0.3 is 9.42 Å². The molecule has 5 nitrogen and oxygen atoms in total. The van der Waals surface area contributed by atoms with Gasteiger partial charge in [0, 0.05) is 25.4 Å².